The summed E-state index contributed by atoms with van der Waals surface area (Å²) < 4.78 is 9.05. The maximum Gasteiger partial charge on any atom is 0.160 e. The third-order valence-electron chi connectivity index (χ3n) is 11.3. The van der Waals surface area contributed by atoms with Gasteiger partial charge in [-0.1, -0.05) is 140 Å². The summed E-state index contributed by atoms with van der Waals surface area (Å²) >= 11 is 1.82. The van der Waals surface area contributed by atoms with Gasteiger partial charge in [-0.05, 0) is 59.7 Å². The molecule has 8 aromatic carbocycles. The van der Waals surface area contributed by atoms with Gasteiger partial charge in [0.2, 0.25) is 0 Å². The second kappa shape index (κ2) is 13.1. The molecule has 0 fully saturated rings. The number of benzene rings is 8. The molecule has 4 aromatic heterocycles. The minimum absolute atomic E-state index is 0.705. The number of rotatable bonds is 5. The first-order valence-corrected chi connectivity index (χ1v) is 20.2. The number of para-hydroxylation sites is 1. The maximum absolute atomic E-state index is 6.53. The van der Waals surface area contributed by atoms with Gasteiger partial charge in [-0.3, -0.25) is 0 Å². The number of hydrogen-bond acceptors (Lipinski definition) is 5. The van der Waals surface area contributed by atoms with Crippen molar-refractivity contribution in [3.05, 3.63) is 188 Å². The second-order valence-corrected chi connectivity index (χ2v) is 15.8. The van der Waals surface area contributed by atoms with E-state index in [4.69, 9.17) is 19.4 Å². The lowest BCUT2D eigenvalue weighted by molar-refractivity contribution is 0.669. The number of aromatic nitrogens is 3. The summed E-state index contributed by atoms with van der Waals surface area (Å²) in [6.45, 7) is 0. The van der Waals surface area contributed by atoms with Gasteiger partial charge in [-0.2, -0.15) is 0 Å². The third kappa shape index (κ3) is 5.25. The molecule has 0 saturated heterocycles. The highest BCUT2D eigenvalue weighted by molar-refractivity contribution is 7.25. The van der Waals surface area contributed by atoms with Crippen LogP contribution in [0.15, 0.2) is 192 Å². The molecule has 0 aliphatic rings. The largest absolute Gasteiger partial charge is 0.456 e. The summed E-state index contributed by atoms with van der Waals surface area (Å²) in [7, 11) is 0. The van der Waals surface area contributed by atoms with Gasteiger partial charge in [0.1, 0.15) is 11.2 Å². The fourth-order valence-corrected chi connectivity index (χ4v) is 9.71. The molecule has 0 radical (unpaired) electrons. The summed E-state index contributed by atoms with van der Waals surface area (Å²) in [5.74, 6) is 0.705. The number of thiophene rings is 1. The van der Waals surface area contributed by atoms with E-state index in [0.717, 1.165) is 94.1 Å². The molecule has 270 valence electrons. The zero-order valence-corrected chi connectivity index (χ0v) is 31.9. The van der Waals surface area contributed by atoms with Crippen LogP contribution in [0.3, 0.4) is 0 Å². The Balaban J connectivity index is 1.000. The molecule has 12 aromatic rings. The molecule has 0 saturated carbocycles. The Hall–Kier alpha value is -7.47. The number of fused-ring (bicyclic) bond motifs is 10. The van der Waals surface area contributed by atoms with E-state index >= 15 is 0 Å². The lowest BCUT2D eigenvalue weighted by Crippen LogP contribution is -1.96. The molecular weight excluding hydrogens is 727 g/mol. The first-order chi connectivity index (χ1) is 28.7. The van der Waals surface area contributed by atoms with E-state index in [0.29, 0.717) is 5.82 Å². The van der Waals surface area contributed by atoms with Gasteiger partial charge in [0.05, 0.1) is 22.6 Å². The topological polar surface area (TPSA) is 51.8 Å². The van der Waals surface area contributed by atoms with E-state index in [9.17, 15) is 0 Å². The molecule has 0 aliphatic carbocycles. The zero-order valence-electron chi connectivity index (χ0n) is 31.1. The van der Waals surface area contributed by atoms with Crippen molar-refractivity contribution in [2.75, 3.05) is 0 Å². The minimum atomic E-state index is 0.705. The van der Waals surface area contributed by atoms with Gasteiger partial charge in [-0.15, -0.1) is 11.3 Å². The van der Waals surface area contributed by atoms with Crippen molar-refractivity contribution in [1.29, 1.82) is 0 Å². The predicted octanol–water partition coefficient (Wildman–Crippen LogP) is 14.8. The first-order valence-electron chi connectivity index (χ1n) is 19.4. The van der Waals surface area contributed by atoms with Gasteiger partial charge in [0.15, 0.2) is 5.82 Å². The summed E-state index contributed by atoms with van der Waals surface area (Å²) in [4.78, 5) is 15.5. The fourth-order valence-electron chi connectivity index (χ4n) is 8.58. The van der Waals surface area contributed by atoms with E-state index in [1.54, 1.807) is 0 Å². The van der Waals surface area contributed by atoms with Gasteiger partial charge in [0, 0.05) is 69.4 Å². The number of furan rings is 1. The molecule has 0 unspecified atom stereocenters. The van der Waals surface area contributed by atoms with Gasteiger partial charge in [-0.25, -0.2) is 15.0 Å². The molecule has 4 nitrogen and oxygen atoms in total. The van der Waals surface area contributed by atoms with Crippen molar-refractivity contribution in [3.63, 3.8) is 0 Å². The molecule has 0 spiro atoms. The van der Waals surface area contributed by atoms with Crippen LogP contribution in [0.25, 0.3) is 120 Å². The molecular formula is C53H31N3OS. The van der Waals surface area contributed by atoms with Crippen molar-refractivity contribution in [3.8, 4) is 56.3 Å². The van der Waals surface area contributed by atoms with Crippen LogP contribution in [-0.4, -0.2) is 15.0 Å². The summed E-state index contributed by atoms with van der Waals surface area (Å²) in [6, 6.07) is 65.9. The van der Waals surface area contributed by atoms with Crippen LogP contribution in [0.2, 0.25) is 0 Å². The summed E-state index contributed by atoms with van der Waals surface area (Å²) in [6.07, 6.45) is 0. The van der Waals surface area contributed by atoms with Crippen LogP contribution in [0.5, 0.6) is 0 Å². The number of hydrogen-bond donors (Lipinski definition) is 0. The minimum Gasteiger partial charge on any atom is -0.456 e. The van der Waals surface area contributed by atoms with Crippen molar-refractivity contribution >= 4 is 75.1 Å². The van der Waals surface area contributed by atoms with Crippen LogP contribution >= 0.6 is 11.3 Å². The van der Waals surface area contributed by atoms with Crippen LogP contribution in [0.1, 0.15) is 0 Å². The monoisotopic (exact) mass is 757 g/mol. The molecule has 12 rings (SSSR count). The molecule has 5 heteroatoms. The lowest BCUT2D eigenvalue weighted by atomic mass is 9.95. The SMILES string of the molecule is c1ccc(-c2nc(-c3ccc(-c4ccc5oc6ccc7c(-c8ccccc8)nc8ccccc8c7c6c5c4)cc3)cc(-c3cccc4sc5ccccc5c34)n2)cc1. The highest BCUT2D eigenvalue weighted by Crippen LogP contribution is 2.43. The molecule has 0 amide bonds. The van der Waals surface area contributed by atoms with Crippen molar-refractivity contribution in [2.45, 2.75) is 0 Å². The van der Waals surface area contributed by atoms with E-state index in [-0.39, 0.29) is 0 Å². The van der Waals surface area contributed by atoms with E-state index in [1.807, 2.05) is 35.6 Å². The Morgan fingerprint density at radius 3 is 1.88 bits per heavy atom. The van der Waals surface area contributed by atoms with E-state index in [2.05, 4.69) is 164 Å². The standard InChI is InChI=1S/C53H31N3OS/c1-3-12-34(13-4-1)52-40-27-29-46-51(50(40)37-16-7-9-19-42(37)54-52)41-30-36(26-28-45(41)57-46)32-22-24-33(25-23-32)43-31-44(56-53(55-43)35-14-5-2-6-15-35)38-18-11-21-48-49(38)39-17-8-10-20-47(39)58-48/h1-31H. The predicted molar refractivity (Wildman–Crippen MR) is 242 cm³/mol. The molecule has 58 heavy (non-hydrogen) atoms. The summed E-state index contributed by atoms with van der Waals surface area (Å²) in [5.41, 5.74) is 11.9. The van der Waals surface area contributed by atoms with Gasteiger partial charge >= 0.3 is 0 Å². The molecule has 4 heterocycles. The van der Waals surface area contributed by atoms with Crippen molar-refractivity contribution in [2.24, 2.45) is 0 Å². The Morgan fingerprint density at radius 1 is 0.362 bits per heavy atom. The Labute approximate surface area is 337 Å². The summed E-state index contributed by atoms with van der Waals surface area (Å²) in [5, 5.41) is 8.06. The Morgan fingerprint density at radius 2 is 1.03 bits per heavy atom. The van der Waals surface area contributed by atoms with Crippen LogP contribution < -0.4 is 0 Å². The quantitative estimate of drug-likeness (QED) is 0.164. The average molecular weight is 758 g/mol. The van der Waals surface area contributed by atoms with Gasteiger partial charge in [0.25, 0.3) is 0 Å². The fraction of sp³-hybridized carbons (Fsp3) is 0. The zero-order chi connectivity index (χ0) is 38.2. The van der Waals surface area contributed by atoms with E-state index in [1.165, 1.54) is 20.2 Å². The Bertz CT molecular complexity index is 3550. The molecule has 0 aliphatic heterocycles. The normalized spacial score (nSPS) is 11.8. The first kappa shape index (κ1) is 32.7. The lowest BCUT2D eigenvalue weighted by Gasteiger charge is -2.11. The van der Waals surface area contributed by atoms with Crippen LogP contribution in [-0.2, 0) is 0 Å². The maximum atomic E-state index is 6.53. The highest BCUT2D eigenvalue weighted by Gasteiger charge is 2.19. The van der Waals surface area contributed by atoms with Crippen molar-refractivity contribution < 1.29 is 4.42 Å². The molecule has 0 N–H and O–H groups in total. The second-order valence-electron chi connectivity index (χ2n) is 14.7. The van der Waals surface area contributed by atoms with E-state index < -0.39 is 0 Å². The smallest absolute Gasteiger partial charge is 0.160 e. The molecule has 0 bridgehead atoms. The Kier molecular flexibility index (Phi) is 7.37. The average Bonchev–Trinajstić information content (AvgIpc) is 3.87. The van der Waals surface area contributed by atoms with Crippen LogP contribution in [0.4, 0.5) is 0 Å². The van der Waals surface area contributed by atoms with Gasteiger partial charge < -0.3 is 4.42 Å². The highest BCUT2D eigenvalue weighted by atomic mass is 32.1. The third-order valence-corrected chi connectivity index (χ3v) is 12.4. The number of pyridine rings is 1. The number of nitrogens with zero attached hydrogens (tertiary/aromatic N) is 3. The van der Waals surface area contributed by atoms with Crippen molar-refractivity contribution in [1.82, 2.24) is 15.0 Å². The van der Waals surface area contributed by atoms with Crippen LogP contribution in [0, 0.1) is 0 Å². The molecule has 0 atom stereocenters.